The highest BCUT2D eigenvalue weighted by molar-refractivity contribution is 7.14. The van der Waals surface area contributed by atoms with E-state index in [2.05, 4.69) is 10.3 Å². The van der Waals surface area contributed by atoms with Crippen LogP contribution in [0.3, 0.4) is 0 Å². The zero-order valence-corrected chi connectivity index (χ0v) is 14.2. The van der Waals surface area contributed by atoms with E-state index < -0.39 is 12.1 Å². The van der Waals surface area contributed by atoms with Gasteiger partial charge < -0.3 is 14.2 Å². The Morgan fingerprint density at radius 3 is 3.04 bits per heavy atom. The number of carbonyl (C=O) groups excluding carboxylic acids is 2. The van der Waals surface area contributed by atoms with Gasteiger partial charge >= 0.3 is 5.97 Å². The van der Waals surface area contributed by atoms with Gasteiger partial charge in [-0.2, -0.15) is 0 Å². The Balaban J connectivity index is 1.77. The molecule has 2 rings (SSSR count). The molecule has 1 fully saturated rings. The number of hydrogen-bond acceptors (Lipinski definition) is 7. The van der Waals surface area contributed by atoms with E-state index in [1.165, 1.54) is 11.3 Å². The molecule has 0 bridgehead atoms. The number of nitrogens with zero attached hydrogens (tertiary/aromatic N) is 1. The monoisotopic (exact) mass is 342 g/mol. The summed E-state index contributed by atoms with van der Waals surface area (Å²) < 4.78 is 16.0. The minimum Gasteiger partial charge on any atom is -0.461 e. The van der Waals surface area contributed by atoms with Gasteiger partial charge in [0.05, 0.1) is 19.3 Å². The van der Waals surface area contributed by atoms with Gasteiger partial charge in [-0.3, -0.25) is 10.1 Å². The number of hydrogen-bond donors (Lipinski definition) is 1. The first-order valence-electron chi connectivity index (χ1n) is 7.77. The van der Waals surface area contributed by atoms with Crippen molar-refractivity contribution in [3.05, 3.63) is 11.1 Å². The van der Waals surface area contributed by atoms with Crippen LogP contribution in [-0.2, 0) is 19.0 Å². The van der Waals surface area contributed by atoms with Gasteiger partial charge in [-0.1, -0.05) is 0 Å². The summed E-state index contributed by atoms with van der Waals surface area (Å²) in [6.07, 6.45) is 2.62. The maximum Gasteiger partial charge on any atom is 0.357 e. The van der Waals surface area contributed by atoms with E-state index >= 15 is 0 Å². The molecule has 2 unspecified atom stereocenters. The number of carbonyl (C=O) groups is 2. The number of ether oxygens (including phenoxy) is 3. The van der Waals surface area contributed by atoms with Crippen LogP contribution in [0.5, 0.6) is 0 Å². The quantitative estimate of drug-likeness (QED) is 0.765. The molecule has 1 amide bonds. The Hall–Kier alpha value is -1.51. The van der Waals surface area contributed by atoms with Crippen molar-refractivity contribution in [1.82, 2.24) is 4.98 Å². The fraction of sp³-hybridized carbons (Fsp3) is 0.667. The van der Waals surface area contributed by atoms with Crippen LogP contribution < -0.4 is 5.32 Å². The molecule has 1 aliphatic heterocycles. The first-order chi connectivity index (χ1) is 11.1. The third-order valence-corrected chi connectivity index (χ3v) is 4.15. The maximum atomic E-state index is 12.1. The Kier molecular flexibility index (Phi) is 6.94. The van der Waals surface area contributed by atoms with Crippen molar-refractivity contribution in [2.75, 3.05) is 25.1 Å². The normalized spacial score (nSPS) is 19.1. The van der Waals surface area contributed by atoms with Gasteiger partial charge in [0.15, 0.2) is 10.8 Å². The molecular formula is C15H22N2O5S. The summed E-state index contributed by atoms with van der Waals surface area (Å²) in [4.78, 5) is 27.6. The summed E-state index contributed by atoms with van der Waals surface area (Å²) in [6, 6.07) is 0. The molecule has 2 heterocycles. The highest BCUT2D eigenvalue weighted by atomic mass is 32.1. The molecule has 0 aliphatic carbocycles. The molecule has 1 N–H and O–H groups in total. The van der Waals surface area contributed by atoms with Crippen LogP contribution in [0.15, 0.2) is 5.38 Å². The Morgan fingerprint density at radius 1 is 1.52 bits per heavy atom. The van der Waals surface area contributed by atoms with E-state index in [1.54, 1.807) is 19.2 Å². The van der Waals surface area contributed by atoms with Crippen LogP contribution in [0.4, 0.5) is 5.13 Å². The second-order valence-electron chi connectivity index (χ2n) is 5.21. The van der Waals surface area contributed by atoms with Gasteiger partial charge in [-0.25, -0.2) is 9.78 Å². The fourth-order valence-corrected chi connectivity index (χ4v) is 2.79. The number of esters is 1. The molecule has 1 aromatic rings. The number of amides is 1. The van der Waals surface area contributed by atoms with Gasteiger partial charge in [0.2, 0.25) is 0 Å². The third kappa shape index (κ3) is 5.56. The van der Waals surface area contributed by atoms with Crippen molar-refractivity contribution in [2.24, 2.45) is 0 Å². The lowest BCUT2D eigenvalue weighted by Crippen LogP contribution is -2.32. The molecule has 2 atom stereocenters. The topological polar surface area (TPSA) is 86.8 Å². The molecule has 0 aromatic carbocycles. The van der Waals surface area contributed by atoms with Crippen molar-refractivity contribution in [2.45, 2.75) is 45.3 Å². The Labute approximate surface area is 139 Å². The van der Waals surface area contributed by atoms with E-state index in [0.717, 1.165) is 25.9 Å². The smallest absolute Gasteiger partial charge is 0.357 e. The fourth-order valence-electron chi connectivity index (χ4n) is 2.10. The second kappa shape index (κ2) is 8.95. The molecule has 0 spiro atoms. The molecule has 1 aliphatic rings. The summed E-state index contributed by atoms with van der Waals surface area (Å²) in [5.41, 5.74) is 0.191. The summed E-state index contributed by atoms with van der Waals surface area (Å²) in [7, 11) is 0. The second-order valence-corrected chi connectivity index (χ2v) is 6.07. The van der Waals surface area contributed by atoms with E-state index in [9.17, 15) is 9.59 Å². The van der Waals surface area contributed by atoms with Crippen molar-refractivity contribution >= 4 is 28.3 Å². The van der Waals surface area contributed by atoms with Gasteiger partial charge in [0.25, 0.3) is 5.91 Å². The van der Waals surface area contributed by atoms with E-state index in [1.807, 2.05) is 0 Å². The summed E-state index contributed by atoms with van der Waals surface area (Å²) >= 11 is 1.17. The SMILES string of the molecule is CCOC(=O)c1csc(NC(=O)C(C)OCC2CCCCO2)n1. The summed E-state index contributed by atoms with van der Waals surface area (Å²) in [6.45, 7) is 4.84. The number of anilines is 1. The van der Waals surface area contributed by atoms with E-state index in [4.69, 9.17) is 14.2 Å². The van der Waals surface area contributed by atoms with Gasteiger partial charge in [0, 0.05) is 12.0 Å². The number of thiazole rings is 1. The van der Waals surface area contributed by atoms with Gasteiger partial charge in [-0.15, -0.1) is 11.3 Å². The predicted octanol–water partition coefficient (Wildman–Crippen LogP) is 2.23. The van der Waals surface area contributed by atoms with Crippen molar-refractivity contribution in [3.8, 4) is 0 Å². The van der Waals surface area contributed by atoms with E-state index in [0.29, 0.717) is 11.7 Å². The van der Waals surface area contributed by atoms with Crippen LogP contribution in [0.2, 0.25) is 0 Å². The van der Waals surface area contributed by atoms with Crippen molar-refractivity contribution < 1.29 is 23.8 Å². The maximum absolute atomic E-state index is 12.1. The van der Waals surface area contributed by atoms with Crippen LogP contribution in [-0.4, -0.2) is 48.9 Å². The first-order valence-corrected chi connectivity index (χ1v) is 8.64. The lowest BCUT2D eigenvalue weighted by molar-refractivity contribution is -0.130. The molecule has 7 nitrogen and oxygen atoms in total. The number of aromatic nitrogens is 1. The average Bonchev–Trinajstić information content (AvgIpc) is 3.02. The lowest BCUT2D eigenvalue weighted by Gasteiger charge is -2.23. The Morgan fingerprint density at radius 2 is 2.35 bits per heavy atom. The molecule has 0 saturated carbocycles. The van der Waals surface area contributed by atoms with Gasteiger partial charge in [0.1, 0.15) is 6.10 Å². The predicted molar refractivity (Wildman–Crippen MR) is 85.7 cm³/mol. The Bertz CT molecular complexity index is 528. The number of rotatable bonds is 7. The number of nitrogens with one attached hydrogen (secondary N) is 1. The average molecular weight is 342 g/mol. The highest BCUT2D eigenvalue weighted by Gasteiger charge is 2.20. The zero-order valence-electron chi connectivity index (χ0n) is 13.4. The first kappa shape index (κ1) is 17.8. The zero-order chi connectivity index (χ0) is 16.7. The molecule has 1 saturated heterocycles. The molecule has 1 aromatic heterocycles. The molecule has 0 radical (unpaired) electrons. The van der Waals surface area contributed by atoms with Gasteiger partial charge in [-0.05, 0) is 33.1 Å². The molecule has 8 heteroatoms. The van der Waals surface area contributed by atoms with Crippen molar-refractivity contribution in [1.29, 1.82) is 0 Å². The minimum atomic E-state index is -0.615. The minimum absolute atomic E-state index is 0.0641. The molecule has 23 heavy (non-hydrogen) atoms. The third-order valence-electron chi connectivity index (χ3n) is 3.39. The van der Waals surface area contributed by atoms with E-state index in [-0.39, 0.29) is 24.3 Å². The standard InChI is InChI=1S/C15H22N2O5S/c1-3-20-14(19)12-9-23-15(16-12)17-13(18)10(2)22-8-11-6-4-5-7-21-11/h9-11H,3-8H2,1-2H3,(H,16,17,18). The van der Waals surface area contributed by atoms with Crippen LogP contribution in [0, 0.1) is 0 Å². The summed E-state index contributed by atoms with van der Waals surface area (Å²) in [5, 5.41) is 4.54. The summed E-state index contributed by atoms with van der Waals surface area (Å²) in [5.74, 6) is -0.798. The molecule has 128 valence electrons. The van der Waals surface area contributed by atoms with Crippen LogP contribution in [0.25, 0.3) is 0 Å². The molecular weight excluding hydrogens is 320 g/mol. The highest BCUT2D eigenvalue weighted by Crippen LogP contribution is 2.17. The largest absolute Gasteiger partial charge is 0.461 e. The lowest BCUT2D eigenvalue weighted by atomic mass is 10.1. The van der Waals surface area contributed by atoms with Crippen LogP contribution >= 0.6 is 11.3 Å². The van der Waals surface area contributed by atoms with Crippen LogP contribution in [0.1, 0.15) is 43.6 Å². The van der Waals surface area contributed by atoms with Crippen molar-refractivity contribution in [3.63, 3.8) is 0 Å².